The maximum absolute atomic E-state index is 13.4. The van der Waals surface area contributed by atoms with E-state index in [1.807, 2.05) is 6.07 Å². The first-order valence-corrected chi connectivity index (χ1v) is 10.1. The predicted molar refractivity (Wildman–Crippen MR) is 98.3 cm³/mol. The van der Waals surface area contributed by atoms with E-state index in [1.54, 1.807) is 24.3 Å². The molecule has 2 aromatic carbocycles. The van der Waals surface area contributed by atoms with Gasteiger partial charge in [0.2, 0.25) is 10.0 Å². The van der Waals surface area contributed by atoms with Gasteiger partial charge in [0.05, 0.1) is 16.5 Å². The lowest BCUT2D eigenvalue weighted by Crippen LogP contribution is -2.51. The Morgan fingerprint density at radius 2 is 1.69 bits per heavy atom. The van der Waals surface area contributed by atoms with Crippen LogP contribution in [0.15, 0.2) is 47.4 Å². The van der Waals surface area contributed by atoms with Crippen molar-refractivity contribution in [2.75, 3.05) is 32.8 Å². The molecular formula is C19H17F2N3O4S. The van der Waals surface area contributed by atoms with E-state index in [0.29, 0.717) is 17.4 Å². The second kappa shape index (κ2) is 8.55. The minimum Gasteiger partial charge on any atom is -0.484 e. The van der Waals surface area contributed by atoms with Crippen molar-refractivity contribution >= 4 is 15.9 Å². The molecule has 1 saturated heterocycles. The third-order valence-corrected chi connectivity index (χ3v) is 6.36. The Bertz CT molecular complexity index is 1040. The summed E-state index contributed by atoms with van der Waals surface area (Å²) in [5.41, 5.74) is 0.474. The Hall–Kier alpha value is -3.03. The Morgan fingerprint density at radius 1 is 1.03 bits per heavy atom. The molecule has 10 heteroatoms. The summed E-state index contributed by atoms with van der Waals surface area (Å²) in [7, 11) is -3.98. The molecule has 0 N–H and O–H groups in total. The minimum atomic E-state index is -3.98. The van der Waals surface area contributed by atoms with Gasteiger partial charge in [0.15, 0.2) is 18.2 Å². The first-order chi connectivity index (χ1) is 13.8. The lowest BCUT2D eigenvalue weighted by Gasteiger charge is -2.34. The molecule has 0 saturated carbocycles. The van der Waals surface area contributed by atoms with Crippen molar-refractivity contribution in [2.24, 2.45) is 0 Å². The van der Waals surface area contributed by atoms with Gasteiger partial charge in [0, 0.05) is 26.2 Å². The molecule has 1 fully saturated rings. The maximum atomic E-state index is 13.4. The van der Waals surface area contributed by atoms with Crippen LogP contribution in [0.4, 0.5) is 8.78 Å². The molecule has 1 amide bonds. The van der Waals surface area contributed by atoms with Gasteiger partial charge in [-0.1, -0.05) is 0 Å². The third-order valence-electron chi connectivity index (χ3n) is 4.47. The lowest BCUT2D eigenvalue weighted by molar-refractivity contribution is -0.134. The molecule has 0 unspecified atom stereocenters. The summed E-state index contributed by atoms with van der Waals surface area (Å²) in [6, 6.07) is 10.7. The summed E-state index contributed by atoms with van der Waals surface area (Å²) in [5, 5.41) is 8.76. The Kier molecular flexibility index (Phi) is 6.10. The molecule has 0 atom stereocenters. The Labute approximate surface area is 166 Å². The van der Waals surface area contributed by atoms with E-state index in [-0.39, 0.29) is 43.6 Å². The lowest BCUT2D eigenvalue weighted by atomic mass is 10.2. The van der Waals surface area contributed by atoms with E-state index in [1.165, 1.54) is 4.90 Å². The number of nitriles is 1. The van der Waals surface area contributed by atoms with Crippen LogP contribution in [-0.2, 0) is 14.8 Å². The van der Waals surface area contributed by atoms with Crippen LogP contribution in [0.5, 0.6) is 5.75 Å². The van der Waals surface area contributed by atoms with Crippen LogP contribution < -0.4 is 4.74 Å². The number of hydrogen-bond donors (Lipinski definition) is 0. The van der Waals surface area contributed by atoms with Crippen LogP contribution in [0.2, 0.25) is 0 Å². The topological polar surface area (TPSA) is 90.7 Å². The van der Waals surface area contributed by atoms with E-state index in [4.69, 9.17) is 10.00 Å². The zero-order chi connectivity index (χ0) is 21.0. The number of benzene rings is 2. The number of rotatable bonds is 5. The molecule has 0 radical (unpaired) electrons. The number of carbonyl (C=O) groups is 1. The number of piperazine rings is 1. The second-order valence-electron chi connectivity index (χ2n) is 6.29. The predicted octanol–water partition coefficient (Wildman–Crippen LogP) is 1.75. The van der Waals surface area contributed by atoms with E-state index in [0.717, 1.165) is 16.4 Å². The zero-order valence-corrected chi connectivity index (χ0v) is 16.0. The van der Waals surface area contributed by atoms with Gasteiger partial charge in [0.25, 0.3) is 5.91 Å². The maximum Gasteiger partial charge on any atom is 0.260 e. The number of carbonyl (C=O) groups excluding carboxylic acids is 1. The van der Waals surface area contributed by atoms with Crippen molar-refractivity contribution < 1.29 is 26.7 Å². The summed E-state index contributed by atoms with van der Waals surface area (Å²) in [4.78, 5) is 13.4. The van der Waals surface area contributed by atoms with E-state index < -0.39 is 21.7 Å². The first kappa shape index (κ1) is 20.7. The molecule has 2 aromatic rings. The SMILES string of the molecule is N#Cc1ccc(OCC(=O)N2CCN(S(=O)(=O)c3ccc(F)c(F)c3)CC2)cc1. The molecule has 0 spiro atoms. The highest BCUT2D eigenvalue weighted by Crippen LogP contribution is 2.20. The minimum absolute atomic E-state index is 0.0317. The van der Waals surface area contributed by atoms with Gasteiger partial charge in [0.1, 0.15) is 5.75 Å². The summed E-state index contributed by atoms with van der Waals surface area (Å²) >= 11 is 0. The van der Waals surface area contributed by atoms with Crippen molar-refractivity contribution in [2.45, 2.75) is 4.90 Å². The fourth-order valence-electron chi connectivity index (χ4n) is 2.83. The monoisotopic (exact) mass is 421 g/mol. The smallest absolute Gasteiger partial charge is 0.260 e. The van der Waals surface area contributed by atoms with Gasteiger partial charge in [-0.25, -0.2) is 17.2 Å². The van der Waals surface area contributed by atoms with E-state index in [2.05, 4.69) is 0 Å². The highest BCUT2D eigenvalue weighted by molar-refractivity contribution is 7.89. The Morgan fingerprint density at radius 3 is 2.28 bits per heavy atom. The highest BCUT2D eigenvalue weighted by atomic mass is 32.2. The third kappa shape index (κ3) is 4.70. The van der Waals surface area contributed by atoms with Crippen molar-refractivity contribution in [1.82, 2.24) is 9.21 Å². The quantitative estimate of drug-likeness (QED) is 0.734. The van der Waals surface area contributed by atoms with Crippen LogP contribution in [-0.4, -0.2) is 56.3 Å². The average Bonchev–Trinajstić information content (AvgIpc) is 2.74. The summed E-state index contributed by atoms with van der Waals surface area (Å²) in [6.07, 6.45) is 0. The summed E-state index contributed by atoms with van der Waals surface area (Å²) in [6.45, 7) is 0.145. The zero-order valence-electron chi connectivity index (χ0n) is 15.2. The van der Waals surface area contributed by atoms with Gasteiger partial charge in [-0.2, -0.15) is 9.57 Å². The second-order valence-corrected chi connectivity index (χ2v) is 8.22. The van der Waals surface area contributed by atoms with Gasteiger partial charge in [-0.05, 0) is 42.5 Å². The number of sulfonamides is 1. The molecule has 7 nitrogen and oxygen atoms in total. The molecule has 152 valence electrons. The molecule has 3 rings (SSSR count). The van der Waals surface area contributed by atoms with Crippen molar-refractivity contribution in [3.05, 3.63) is 59.7 Å². The van der Waals surface area contributed by atoms with Crippen LogP contribution >= 0.6 is 0 Å². The van der Waals surface area contributed by atoms with Crippen molar-refractivity contribution in [1.29, 1.82) is 5.26 Å². The molecule has 1 aliphatic heterocycles. The highest BCUT2D eigenvalue weighted by Gasteiger charge is 2.30. The molecule has 0 aliphatic carbocycles. The molecule has 29 heavy (non-hydrogen) atoms. The number of hydrogen-bond acceptors (Lipinski definition) is 5. The fourth-order valence-corrected chi connectivity index (χ4v) is 4.26. The summed E-state index contributed by atoms with van der Waals surface area (Å²) in [5.74, 6) is -2.22. The van der Waals surface area contributed by atoms with Gasteiger partial charge >= 0.3 is 0 Å². The standard InChI is InChI=1S/C19H17F2N3O4S/c20-17-6-5-16(11-18(17)21)29(26,27)24-9-7-23(8-10-24)19(25)13-28-15-3-1-14(12-22)2-4-15/h1-6,11H,7-10,13H2. The molecular weight excluding hydrogens is 404 g/mol. The molecule has 1 aliphatic rings. The van der Waals surface area contributed by atoms with E-state index in [9.17, 15) is 22.0 Å². The molecule has 1 heterocycles. The first-order valence-electron chi connectivity index (χ1n) is 8.67. The summed E-state index contributed by atoms with van der Waals surface area (Å²) < 4.78 is 58.1. The average molecular weight is 421 g/mol. The normalized spacial score (nSPS) is 15.0. The van der Waals surface area contributed by atoms with Gasteiger partial charge in [-0.15, -0.1) is 0 Å². The number of nitrogens with zero attached hydrogens (tertiary/aromatic N) is 3. The van der Waals surface area contributed by atoms with Crippen LogP contribution in [0.3, 0.4) is 0 Å². The van der Waals surface area contributed by atoms with Crippen LogP contribution in [0.1, 0.15) is 5.56 Å². The van der Waals surface area contributed by atoms with Crippen LogP contribution in [0.25, 0.3) is 0 Å². The fraction of sp³-hybridized carbons (Fsp3) is 0.263. The van der Waals surface area contributed by atoms with Crippen LogP contribution in [0, 0.1) is 23.0 Å². The Balaban J connectivity index is 1.55. The molecule has 0 aromatic heterocycles. The largest absolute Gasteiger partial charge is 0.484 e. The molecule has 0 bridgehead atoms. The number of ether oxygens (including phenoxy) is 1. The van der Waals surface area contributed by atoms with Gasteiger partial charge in [-0.3, -0.25) is 4.79 Å². The van der Waals surface area contributed by atoms with Crippen molar-refractivity contribution in [3.63, 3.8) is 0 Å². The van der Waals surface area contributed by atoms with Crippen molar-refractivity contribution in [3.8, 4) is 11.8 Å². The number of halogens is 2. The number of amides is 1. The van der Waals surface area contributed by atoms with E-state index >= 15 is 0 Å². The van der Waals surface area contributed by atoms with Gasteiger partial charge < -0.3 is 9.64 Å².